The predicted molar refractivity (Wildman–Crippen MR) is 159 cm³/mol. The number of ether oxygens (including phenoxy) is 1. The maximum absolute atomic E-state index is 14.3. The topological polar surface area (TPSA) is 87.7 Å². The van der Waals surface area contributed by atoms with E-state index in [1.807, 2.05) is 92.7 Å². The standard InChI is InChI=1S/C33H39N3O4/c1-7-21-36(31(38)27(22-25-17-10-8-11-18-25)34-32(39)40-33(4,5)6)29(26-19-12-9-13-20-26)30(37)35-28-23(2)15-14-16-24(28)3/h7-20,27,29H,1,21-22H2,2-6H3,(H,34,39)(H,35,37). The Labute approximate surface area is 237 Å². The van der Waals surface area contributed by atoms with E-state index >= 15 is 0 Å². The van der Waals surface area contributed by atoms with Crippen molar-refractivity contribution in [3.05, 3.63) is 114 Å². The molecule has 3 amide bonds. The van der Waals surface area contributed by atoms with Crippen LogP contribution in [0.3, 0.4) is 0 Å². The lowest BCUT2D eigenvalue weighted by Gasteiger charge is -2.34. The van der Waals surface area contributed by atoms with E-state index in [2.05, 4.69) is 17.2 Å². The zero-order valence-electron chi connectivity index (χ0n) is 23.9. The van der Waals surface area contributed by atoms with Gasteiger partial charge in [-0.3, -0.25) is 9.59 Å². The number of alkyl carbamates (subject to hydrolysis) is 1. The van der Waals surface area contributed by atoms with Crippen molar-refractivity contribution in [1.29, 1.82) is 0 Å². The molecule has 0 radical (unpaired) electrons. The SMILES string of the molecule is C=CCN(C(=O)C(Cc1ccccc1)NC(=O)OC(C)(C)C)C(C(=O)Nc1c(C)cccc1C)c1ccccc1. The monoisotopic (exact) mass is 541 g/mol. The fourth-order valence-electron chi connectivity index (χ4n) is 4.47. The molecule has 2 N–H and O–H groups in total. The lowest BCUT2D eigenvalue weighted by molar-refractivity contribution is -0.140. The molecule has 40 heavy (non-hydrogen) atoms. The van der Waals surface area contributed by atoms with Gasteiger partial charge in [-0.15, -0.1) is 6.58 Å². The number of rotatable bonds is 10. The van der Waals surface area contributed by atoms with Gasteiger partial charge in [-0.05, 0) is 56.9 Å². The summed E-state index contributed by atoms with van der Waals surface area (Å²) >= 11 is 0. The molecular weight excluding hydrogens is 502 g/mol. The number of carbonyl (C=O) groups excluding carboxylic acids is 3. The molecule has 0 heterocycles. The van der Waals surface area contributed by atoms with Crippen molar-refractivity contribution in [2.75, 3.05) is 11.9 Å². The third kappa shape index (κ3) is 8.30. The zero-order chi connectivity index (χ0) is 29.3. The summed E-state index contributed by atoms with van der Waals surface area (Å²) in [6.07, 6.45) is 1.08. The number of nitrogens with one attached hydrogen (secondary N) is 2. The third-order valence-electron chi connectivity index (χ3n) is 6.29. The number of amides is 3. The molecule has 0 saturated carbocycles. The van der Waals surface area contributed by atoms with Gasteiger partial charge in [0.1, 0.15) is 17.7 Å². The van der Waals surface area contributed by atoms with E-state index in [-0.39, 0.29) is 18.9 Å². The van der Waals surface area contributed by atoms with E-state index in [0.29, 0.717) is 11.3 Å². The second-order valence-corrected chi connectivity index (χ2v) is 10.7. The van der Waals surface area contributed by atoms with Gasteiger partial charge in [0.05, 0.1) is 0 Å². The van der Waals surface area contributed by atoms with E-state index in [9.17, 15) is 14.4 Å². The van der Waals surface area contributed by atoms with Crippen LogP contribution in [0.2, 0.25) is 0 Å². The van der Waals surface area contributed by atoms with Gasteiger partial charge >= 0.3 is 6.09 Å². The molecule has 0 spiro atoms. The van der Waals surface area contributed by atoms with Crippen molar-refractivity contribution in [2.45, 2.75) is 58.7 Å². The van der Waals surface area contributed by atoms with Crippen LogP contribution < -0.4 is 10.6 Å². The lowest BCUT2D eigenvalue weighted by atomic mass is 10.00. The number of aryl methyl sites for hydroxylation is 2. The van der Waals surface area contributed by atoms with Crippen LogP contribution in [0, 0.1) is 13.8 Å². The first kappa shape index (κ1) is 30.2. The largest absolute Gasteiger partial charge is 0.444 e. The first-order valence-electron chi connectivity index (χ1n) is 13.4. The summed E-state index contributed by atoms with van der Waals surface area (Å²) < 4.78 is 5.47. The van der Waals surface area contributed by atoms with Crippen molar-refractivity contribution in [1.82, 2.24) is 10.2 Å². The molecule has 3 rings (SSSR count). The van der Waals surface area contributed by atoms with Crippen molar-refractivity contribution in [3.8, 4) is 0 Å². The Balaban J connectivity index is 2.03. The van der Waals surface area contributed by atoms with Crippen molar-refractivity contribution in [2.24, 2.45) is 0 Å². The molecule has 0 bridgehead atoms. The Hall–Kier alpha value is -4.39. The van der Waals surface area contributed by atoms with Crippen molar-refractivity contribution >= 4 is 23.6 Å². The normalized spacial score (nSPS) is 12.5. The fourth-order valence-corrected chi connectivity index (χ4v) is 4.47. The van der Waals surface area contributed by atoms with Gasteiger partial charge in [-0.1, -0.05) is 84.9 Å². The molecule has 0 fully saturated rings. The highest BCUT2D eigenvalue weighted by molar-refractivity contribution is 6.00. The summed E-state index contributed by atoms with van der Waals surface area (Å²) in [6.45, 7) is 13.1. The van der Waals surface area contributed by atoms with Gasteiger partial charge < -0.3 is 20.3 Å². The molecule has 7 nitrogen and oxygen atoms in total. The van der Waals surface area contributed by atoms with E-state index in [4.69, 9.17) is 4.74 Å². The van der Waals surface area contributed by atoms with Crippen LogP contribution in [0.4, 0.5) is 10.5 Å². The van der Waals surface area contributed by atoms with E-state index in [0.717, 1.165) is 16.7 Å². The Bertz CT molecular complexity index is 1300. The second kappa shape index (κ2) is 13.6. The van der Waals surface area contributed by atoms with Gasteiger partial charge in [0, 0.05) is 18.7 Å². The van der Waals surface area contributed by atoms with E-state index in [1.165, 1.54) is 4.90 Å². The van der Waals surface area contributed by atoms with E-state index in [1.54, 1.807) is 26.8 Å². The molecule has 0 aliphatic carbocycles. The molecule has 0 aliphatic heterocycles. The van der Waals surface area contributed by atoms with Crippen LogP contribution in [0.5, 0.6) is 0 Å². The molecule has 2 unspecified atom stereocenters. The molecule has 3 aromatic rings. The first-order valence-corrected chi connectivity index (χ1v) is 13.4. The smallest absolute Gasteiger partial charge is 0.408 e. The third-order valence-corrected chi connectivity index (χ3v) is 6.29. The summed E-state index contributed by atoms with van der Waals surface area (Å²) in [5, 5.41) is 5.81. The zero-order valence-corrected chi connectivity index (χ0v) is 23.9. The molecule has 3 aromatic carbocycles. The highest BCUT2D eigenvalue weighted by atomic mass is 16.6. The molecule has 0 aliphatic rings. The molecule has 2 atom stereocenters. The average Bonchev–Trinajstić information content (AvgIpc) is 2.90. The van der Waals surface area contributed by atoms with Crippen LogP contribution in [0.25, 0.3) is 0 Å². The fraction of sp³-hybridized carbons (Fsp3) is 0.303. The average molecular weight is 542 g/mol. The number of carbonyl (C=O) groups is 3. The summed E-state index contributed by atoms with van der Waals surface area (Å²) in [7, 11) is 0. The number of hydrogen-bond donors (Lipinski definition) is 2. The second-order valence-electron chi connectivity index (χ2n) is 10.7. The Morgan fingerprint density at radius 3 is 2.02 bits per heavy atom. The van der Waals surface area contributed by atoms with Crippen LogP contribution in [0.1, 0.15) is 49.1 Å². The quantitative estimate of drug-likeness (QED) is 0.302. The highest BCUT2D eigenvalue weighted by Gasteiger charge is 2.36. The number of hydrogen-bond acceptors (Lipinski definition) is 4. The van der Waals surface area contributed by atoms with Gasteiger partial charge in [0.2, 0.25) is 5.91 Å². The van der Waals surface area contributed by atoms with Gasteiger partial charge in [0.25, 0.3) is 5.91 Å². The molecule has 0 aromatic heterocycles. The van der Waals surface area contributed by atoms with Crippen molar-refractivity contribution < 1.29 is 19.1 Å². The summed E-state index contributed by atoms with van der Waals surface area (Å²) in [4.78, 5) is 42.5. The molecule has 0 saturated heterocycles. The van der Waals surface area contributed by atoms with Gasteiger partial charge in [-0.25, -0.2) is 4.79 Å². The number of benzene rings is 3. The minimum atomic E-state index is -0.989. The van der Waals surface area contributed by atoms with Crippen LogP contribution >= 0.6 is 0 Å². The summed E-state index contributed by atoms with van der Waals surface area (Å²) in [5.74, 6) is -0.797. The van der Waals surface area contributed by atoms with Crippen molar-refractivity contribution in [3.63, 3.8) is 0 Å². The molecule has 210 valence electrons. The maximum Gasteiger partial charge on any atom is 0.408 e. The Morgan fingerprint density at radius 2 is 1.48 bits per heavy atom. The highest BCUT2D eigenvalue weighted by Crippen LogP contribution is 2.27. The van der Waals surface area contributed by atoms with Gasteiger partial charge in [0.15, 0.2) is 0 Å². The Morgan fingerprint density at radius 1 is 0.900 bits per heavy atom. The number of nitrogens with zero attached hydrogens (tertiary/aromatic N) is 1. The number of anilines is 1. The van der Waals surface area contributed by atoms with E-state index < -0.39 is 29.7 Å². The summed E-state index contributed by atoms with van der Waals surface area (Å²) in [6, 6.07) is 22.3. The predicted octanol–water partition coefficient (Wildman–Crippen LogP) is 6.13. The van der Waals surface area contributed by atoms with Gasteiger partial charge in [-0.2, -0.15) is 0 Å². The first-order chi connectivity index (χ1) is 19.0. The number of para-hydroxylation sites is 1. The molecular formula is C33H39N3O4. The minimum absolute atomic E-state index is 0.0832. The van der Waals surface area contributed by atoms with Crippen LogP contribution in [-0.2, 0) is 20.7 Å². The van der Waals surface area contributed by atoms with Crippen LogP contribution in [0.15, 0.2) is 91.5 Å². The molecule has 7 heteroatoms. The minimum Gasteiger partial charge on any atom is -0.444 e. The van der Waals surface area contributed by atoms with Crippen LogP contribution in [-0.4, -0.2) is 41.0 Å². The Kier molecular flexibility index (Phi) is 10.3. The maximum atomic E-state index is 14.3. The lowest BCUT2D eigenvalue weighted by Crippen LogP contribution is -2.53. The summed E-state index contributed by atoms with van der Waals surface area (Å²) in [5.41, 5.74) is 3.27.